The van der Waals surface area contributed by atoms with E-state index in [9.17, 15) is 25.3 Å². The lowest BCUT2D eigenvalue weighted by Crippen LogP contribution is -2.22. The number of nitro groups is 2. The van der Waals surface area contributed by atoms with Crippen LogP contribution in [0.15, 0.2) is 18.2 Å². The first-order valence-corrected chi connectivity index (χ1v) is 4.75. The lowest BCUT2D eigenvalue weighted by atomic mass is 10.1. The van der Waals surface area contributed by atoms with E-state index in [0.29, 0.717) is 0 Å². The highest BCUT2D eigenvalue weighted by molar-refractivity contribution is 5.49. The molecule has 8 nitrogen and oxygen atoms in total. The molecule has 0 aliphatic rings. The molecule has 0 aliphatic carbocycles. The molecular weight excluding hydrogens is 230 g/mol. The van der Waals surface area contributed by atoms with Crippen LogP contribution in [-0.2, 0) is 6.42 Å². The second kappa shape index (κ2) is 5.32. The third-order valence-electron chi connectivity index (χ3n) is 2.20. The van der Waals surface area contributed by atoms with E-state index in [4.69, 9.17) is 5.73 Å². The topological polar surface area (TPSA) is 133 Å². The van der Waals surface area contributed by atoms with E-state index in [0.717, 1.165) is 12.1 Å². The molecule has 17 heavy (non-hydrogen) atoms. The lowest BCUT2D eigenvalue weighted by molar-refractivity contribution is -0.394. The third kappa shape index (κ3) is 3.20. The van der Waals surface area contributed by atoms with Gasteiger partial charge in [0, 0.05) is 24.6 Å². The van der Waals surface area contributed by atoms with Crippen molar-refractivity contribution in [3.8, 4) is 0 Å². The fourth-order valence-corrected chi connectivity index (χ4v) is 1.35. The number of non-ortho nitro benzene ring substituents is 1. The quantitative estimate of drug-likeness (QED) is 0.565. The summed E-state index contributed by atoms with van der Waals surface area (Å²) in [7, 11) is 0. The number of rotatable bonds is 5. The summed E-state index contributed by atoms with van der Waals surface area (Å²) >= 11 is 0. The number of nitrogens with two attached hydrogens (primary N) is 1. The van der Waals surface area contributed by atoms with E-state index in [1.54, 1.807) is 0 Å². The van der Waals surface area contributed by atoms with Crippen LogP contribution < -0.4 is 5.73 Å². The van der Waals surface area contributed by atoms with Gasteiger partial charge in [0.05, 0.1) is 22.0 Å². The van der Waals surface area contributed by atoms with Crippen molar-refractivity contribution in [1.82, 2.24) is 0 Å². The van der Waals surface area contributed by atoms with Gasteiger partial charge in [-0.3, -0.25) is 20.2 Å². The van der Waals surface area contributed by atoms with Gasteiger partial charge in [-0.05, 0) is 6.07 Å². The molecule has 0 bridgehead atoms. The third-order valence-corrected chi connectivity index (χ3v) is 2.20. The number of benzene rings is 1. The molecule has 3 N–H and O–H groups in total. The first kappa shape index (κ1) is 13.0. The normalized spacial score (nSPS) is 12.1. The maximum absolute atomic E-state index is 10.7. The Labute approximate surface area is 96.0 Å². The van der Waals surface area contributed by atoms with Gasteiger partial charge < -0.3 is 10.8 Å². The van der Waals surface area contributed by atoms with E-state index in [1.165, 1.54) is 6.07 Å². The van der Waals surface area contributed by atoms with Gasteiger partial charge in [0.2, 0.25) is 0 Å². The highest BCUT2D eigenvalue weighted by Crippen LogP contribution is 2.25. The zero-order chi connectivity index (χ0) is 13.0. The zero-order valence-corrected chi connectivity index (χ0v) is 8.78. The van der Waals surface area contributed by atoms with Gasteiger partial charge in [-0.1, -0.05) is 0 Å². The summed E-state index contributed by atoms with van der Waals surface area (Å²) in [6, 6.07) is 3.29. The van der Waals surface area contributed by atoms with Crippen LogP contribution in [0.5, 0.6) is 0 Å². The highest BCUT2D eigenvalue weighted by Gasteiger charge is 2.20. The van der Waals surface area contributed by atoms with Gasteiger partial charge in [-0.2, -0.15) is 0 Å². The Bertz CT molecular complexity index is 448. The maximum Gasteiger partial charge on any atom is 0.279 e. The van der Waals surface area contributed by atoms with Gasteiger partial charge in [0.1, 0.15) is 0 Å². The number of nitrogens with zero attached hydrogens (tertiary/aromatic N) is 2. The minimum absolute atomic E-state index is 0.00912. The number of hydrogen-bond donors (Lipinski definition) is 2. The van der Waals surface area contributed by atoms with Crippen LogP contribution in [0.25, 0.3) is 0 Å². The molecule has 1 rings (SSSR count). The van der Waals surface area contributed by atoms with Crippen LogP contribution in [0.2, 0.25) is 0 Å². The lowest BCUT2D eigenvalue weighted by Gasteiger charge is -2.07. The van der Waals surface area contributed by atoms with Gasteiger partial charge in [-0.25, -0.2) is 0 Å². The van der Waals surface area contributed by atoms with Crippen LogP contribution >= 0.6 is 0 Å². The first-order chi connectivity index (χ1) is 7.95. The molecule has 0 aliphatic heterocycles. The number of aliphatic hydroxyl groups is 1. The van der Waals surface area contributed by atoms with Crippen LogP contribution in [-0.4, -0.2) is 27.6 Å². The molecule has 8 heteroatoms. The monoisotopic (exact) mass is 241 g/mol. The van der Waals surface area contributed by atoms with E-state index in [1.807, 2.05) is 0 Å². The molecule has 0 amide bonds. The molecule has 1 unspecified atom stereocenters. The predicted molar refractivity (Wildman–Crippen MR) is 58.5 cm³/mol. The summed E-state index contributed by atoms with van der Waals surface area (Å²) < 4.78 is 0. The molecule has 0 heterocycles. The van der Waals surface area contributed by atoms with Crippen molar-refractivity contribution >= 4 is 11.4 Å². The zero-order valence-electron chi connectivity index (χ0n) is 8.78. The summed E-state index contributed by atoms with van der Waals surface area (Å²) in [5.74, 6) is 0. The number of nitro benzene ring substituents is 2. The summed E-state index contributed by atoms with van der Waals surface area (Å²) in [5.41, 5.74) is 4.68. The summed E-state index contributed by atoms with van der Waals surface area (Å²) in [6.45, 7) is -0.0336. The van der Waals surface area contributed by atoms with Crippen molar-refractivity contribution in [2.75, 3.05) is 6.54 Å². The fourth-order valence-electron chi connectivity index (χ4n) is 1.35. The Morgan fingerprint density at radius 3 is 2.41 bits per heavy atom. The molecule has 92 valence electrons. The molecule has 0 aromatic heterocycles. The van der Waals surface area contributed by atoms with Gasteiger partial charge in [-0.15, -0.1) is 0 Å². The van der Waals surface area contributed by atoms with Crippen molar-refractivity contribution in [3.63, 3.8) is 0 Å². The minimum Gasteiger partial charge on any atom is -0.391 e. The van der Waals surface area contributed by atoms with Crippen LogP contribution in [0.4, 0.5) is 11.4 Å². The molecular formula is C9H11N3O5. The van der Waals surface area contributed by atoms with E-state index >= 15 is 0 Å². The molecule has 1 aromatic rings. The Kier molecular flexibility index (Phi) is 4.07. The summed E-state index contributed by atoms with van der Waals surface area (Å²) in [4.78, 5) is 19.8. The van der Waals surface area contributed by atoms with Gasteiger partial charge >= 0.3 is 0 Å². The van der Waals surface area contributed by atoms with Crippen molar-refractivity contribution in [2.24, 2.45) is 5.73 Å². The summed E-state index contributed by atoms with van der Waals surface area (Å²) in [5, 5.41) is 30.5. The molecule has 0 radical (unpaired) electrons. The smallest absolute Gasteiger partial charge is 0.279 e. The second-order valence-electron chi connectivity index (χ2n) is 3.42. The molecule has 1 aromatic carbocycles. The van der Waals surface area contributed by atoms with Crippen molar-refractivity contribution in [1.29, 1.82) is 0 Å². The molecule has 0 fully saturated rings. The minimum atomic E-state index is -0.907. The van der Waals surface area contributed by atoms with E-state index in [2.05, 4.69) is 0 Å². The first-order valence-electron chi connectivity index (χ1n) is 4.75. The number of aliphatic hydroxyl groups excluding tert-OH is 1. The van der Waals surface area contributed by atoms with Crippen LogP contribution in [0.3, 0.4) is 0 Å². The molecule has 1 atom stereocenters. The standard InChI is InChI=1S/C9H11N3O5/c10-5-8(13)3-6-1-2-7(11(14)15)4-9(6)12(16)17/h1-2,4,8,13H,3,5,10H2. The largest absolute Gasteiger partial charge is 0.391 e. The average Bonchev–Trinajstić information content (AvgIpc) is 2.28. The average molecular weight is 241 g/mol. The second-order valence-corrected chi connectivity index (χ2v) is 3.42. The molecule has 0 spiro atoms. The SMILES string of the molecule is NCC(O)Cc1ccc([N+](=O)[O-])cc1[N+](=O)[O-]. The highest BCUT2D eigenvalue weighted by atomic mass is 16.6. The molecule has 0 saturated carbocycles. The Morgan fingerprint density at radius 2 is 1.94 bits per heavy atom. The van der Waals surface area contributed by atoms with E-state index < -0.39 is 16.0 Å². The van der Waals surface area contributed by atoms with Crippen molar-refractivity contribution < 1.29 is 15.0 Å². The number of hydrogen-bond acceptors (Lipinski definition) is 6. The van der Waals surface area contributed by atoms with Gasteiger partial charge in [0.15, 0.2) is 0 Å². The van der Waals surface area contributed by atoms with Crippen molar-refractivity contribution in [2.45, 2.75) is 12.5 Å². The van der Waals surface area contributed by atoms with Gasteiger partial charge in [0.25, 0.3) is 11.4 Å². The van der Waals surface area contributed by atoms with E-state index in [-0.39, 0.29) is 29.9 Å². The Hall–Kier alpha value is -2.06. The fraction of sp³-hybridized carbons (Fsp3) is 0.333. The maximum atomic E-state index is 10.7. The Morgan fingerprint density at radius 1 is 1.29 bits per heavy atom. The van der Waals surface area contributed by atoms with Crippen LogP contribution in [0.1, 0.15) is 5.56 Å². The molecule has 0 saturated heterocycles. The summed E-state index contributed by atoms with van der Waals surface area (Å²) in [6.07, 6.45) is -0.916. The predicted octanol–water partition coefficient (Wildman–Crippen LogP) is 0.365. The Balaban J connectivity index is 3.13. The van der Waals surface area contributed by atoms with Crippen LogP contribution in [0, 0.1) is 20.2 Å². The van der Waals surface area contributed by atoms with Crippen molar-refractivity contribution in [3.05, 3.63) is 44.0 Å².